The summed E-state index contributed by atoms with van der Waals surface area (Å²) in [4.78, 5) is 24.1. The molecular weight excluding hydrogens is 550 g/mol. The zero-order chi connectivity index (χ0) is 30.0. The zero-order valence-electron chi connectivity index (χ0n) is 24.2. The van der Waals surface area contributed by atoms with Crippen molar-refractivity contribution >= 4 is 16.9 Å². The number of hydrogen-bond acceptors (Lipinski definition) is 5. The van der Waals surface area contributed by atoms with Crippen molar-refractivity contribution in [2.75, 3.05) is 13.7 Å². The van der Waals surface area contributed by atoms with Crippen molar-refractivity contribution in [3.63, 3.8) is 0 Å². The highest BCUT2D eigenvalue weighted by molar-refractivity contribution is 5.91. The molecule has 2 aliphatic rings. The largest absolute Gasteiger partial charge is 0.496 e. The Bertz CT molecular complexity index is 1960. The van der Waals surface area contributed by atoms with E-state index in [2.05, 4.69) is 11.6 Å². The quantitative estimate of drug-likeness (QED) is 0.237. The van der Waals surface area contributed by atoms with Crippen molar-refractivity contribution in [3.05, 3.63) is 83.8 Å². The Kier molecular flexibility index (Phi) is 6.37. The van der Waals surface area contributed by atoms with Crippen LogP contribution in [0.15, 0.2) is 55.4 Å². The average molecular weight is 581 g/mol. The maximum atomic E-state index is 15.8. The van der Waals surface area contributed by atoms with Gasteiger partial charge >= 0.3 is 0 Å². The van der Waals surface area contributed by atoms with Crippen LogP contribution in [0.4, 0.5) is 8.78 Å². The smallest absolute Gasteiger partial charge is 0.246 e. The van der Waals surface area contributed by atoms with Gasteiger partial charge in [0.15, 0.2) is 0 Å². The van der Waals surface area contributed by atoms with Crippen LogP contribution >= 0.6 is 0 Å². The molecule has 0 spiro atoms. The number of hydrogen-bond donors (Lipinski definition) is 0. The Morgan fingerprint density at radius 3 is 2.67 bits per heavy atom. The second-order valence-corrected chi connectivity index (χ2v) is 11.1. The van der Waals surface area contributed by atoms with Gasteiger partial charge in [0.2, 0.25) is 5.91 Å². The number of ether oxygens (including phenoxy) is 1. The first-order chi connectivity index (χ1) is 20.8. The van der Waals surface area contributed by atoms with Crippen LogP contribution in [0.25, 0.3) is 44.8 Å². The molecule has 1 amide bonds. The van der Waals surface area contributed by atoms with Crippen molar-refractivity contribution in [2.45, 2.75) is 38.8 Å². The first-order valence-corrected chi connectivity index (χ1v) is 14.3. The molecule has 1 unspecified atom stereocenters. The minimum absolute atomic E-state index is 0.0948. The van der Waals surface area contributed by atoms with Gasteiger partial charge in [-0.3, -0.25) is 9.48 Å². The number of nitrogens with zero attached hydrogens (tertiary/aromatic N) is 6. The predicted octanol–water partition coefficient (Wildman–Crippen LogP) is 6.03. The van der Waals surface area contributed by atoms with E-state index in [-0.39, 0.29) is 23.3 Å². The molecule has 0 saturated heterocycles. The lowest BCUT2D eigenvalue weighted by atomic mass is 9.90. The summed E-state index contributed by atoms with van der Waals surface area (Å²) in [6, 6.07) is 9.83. The van der Waals surface area contributed by atoms with Gasteiger partial charge in [-0.2, -0.15) is 5.10 Å². The summed E-state index contributed by atoms with van der Waals surface area (Å²) < 4.78 is 39.5. The summed E-state index contributed by atoms with van der Waals surface area (Å²) >= 11 is 0. The highest BCUT2D eigenvalue weighted by atomic mass is 19.1. The van der Waals surface area contributed by atoms with Crippen LogP contribution in [-0.4, -0.2) is 48.8 Å². The Morgan fingerprint density at radius 1 is 1.07 bits per heavy atom. The Labute approximate surface area is 247 Å². The van der Waals surface area contributed by atoms with Crippen LogP contribution < -0.4 is 4.74 Å². The number of benzene rings is 2. The van der Waals surface area contributed by atoms with Crippen molar-refractivity contribution in [1.82, 2.24) is 29.2 Å². The molecule has 3 aromatic heterocycles. The third-order valence-corrected chi connectivity index (χ3v) is 8.71. The lowest BCUT2D eigenvalue weighted by molar-refractivity contribution is -0.129. The van der Waals surface area contributed by atoms with Crippen molar-refractivity contribution in [2.24, 2.45) is 7.05 Å². The van der Waals surface area contributed by atoms with E-state index in [1.54, 1.807) is 11.2 Å². The number of pyridine rings is 1. The van der Waals surface area contributed by atoms with E-state index in [1.807, 2.05) is 47.5 Å². The van der Waals surface area contributed by atoms with Crippen LogP contribution in [0.1, 0.15) is 36.2 Å². The summed E-state index contributed by atoms with van der Waals surface area (Å²) in [5.74, 6) is -1.50. The SMILES string of the molecule is C=CC(=O)N1CCn2nc(-c3nc(-c4ccc5c(c4)ncn5C)c4c(c3-c3c(F)cc(F)cc3OC)CCC4)cc2C1C. The fraction of sp³-hybridized carbons (Fsp3) is 0.273. The van der Waals surface area contributed by atoms with Crippen LogP contribution in [0.2, 0.25) is 0 Å². The number of aromatic nitrogens is 5. The molecule has 0 saturated carbocycles. The van der Waals surface area contributed by atoms with Gasteiger partial charge in [-0.25, -0.2) is 18.7 Å². The van der Waals surface area contributed by atoms with Crippen LogP contribution in [0, 0.1) is 11.6 Å². The molecule has 5 aromatic rings. The summed E-state index contributed by atoms with van der Waals surface area (Å²) in [5.41, 5.74) is 8.13. The van der Waals surface area contributed by atoms with E-state index >= 15 is 4.39 Å². The minimum atomic E-state index is -0.725. The molecule has 0 radical (unpaired) electrons. The molecule has 1 aliphatic heterocycles. The third-order valence-electron chi connectivity index (χ3n) is 8.71. The number of carbonyl (C=O) groups is 1. The first kappa shape index (κ1) is 27.0. The van der Waals surface area contributed by atoms with E-state index in [0.29, 0.717) is 36.5 Å². The molecule has 43 heavy (non-hydrogen) atoms. The highest BCUT2D eigenvalue weighted by Crippen LogP contribution is 2.47. The van der Waals surface area contributed by atoms with Crippen molar-refractivity contribution in [1.29, 1.82) is 0 Å². The van der Waals surface area contributed by atoms with E-state index in [1.165, 1.54) is 19.3 Å². The number of imidazole rings is 1. The second kappa shape index (κ2) is 10.1. The summed E-state index contributed by atoms with van der Waals surface area (Å²) in [6.07, 6.45) is 5.43. The van der Waals surface area contributed by atoms with Gasteiger partial charge in [0.25, 0.3) is 0 Å². The molecule has 1 atom stereocenters. The number of halogens is 2. The molecule has 0 N–H and O–H groups in total. The molecule has 1 aliphatic carbocycles. The fourth-order valence-corrected chi connectivity index (χ4v) is 6.63. The van der Waals surface area contributed by atoms with Gasteiger partial charge in [0, 0.05) is 36.9 Å². The number of aryl methyl sites for hydroxylation is 1. The molecular formula is C33H30F2N6O2. The molecule has 218 valence electrons. The molecule has 0 bridgehead atoms. The van der Waals surface area contributed by atoms with Crippen molar-refractivity contribution < 1.29 is 18.3 Å². The van der Waals surface area contributed by atoms with E-state index in [0.717, 1.165) is 58.0 Å². The van der Waals surface area contributed by atoms with Gasteiger partial charge in [-0.05, 0) is 61.6 Å². The van der Waals surface area contributed by atoms with Crippen LogP contribution in [0.5, 0.6) is 5.75 Å². The Hall–Kier alpha value is -4.86. The summed E-state index contributed by atoms with van der Waals surface area (Å²) in [6.45, 7) is 6.58. The van der Waals surface area contributed by atoms with Gasteiger partial charge in [-0.15, -0.1) is 0 Å². The molecule has 8 nitrogen and oxygen atoms in total. The summed E-state index contributed by atoms with van der Waals surface area (Å²) in [7, 11) is 3.36. The van der Waals surface area contributed by atoms with Gasteiger partial charge < -0.3 is 14.2 Å². The van der Waals surface area contributed by atoms with E-state index < -0.39 is 11.6 Å². The van der Waals surface area contributed by atoms with Crippen LogP contribution in [-0.2, 0) is 31.2 Å². The Balaban J connectivity index is 1.50. The molecule has 4 heterocycles. The number of methoxy groups -OCH3 is 1. The first-order valence-electron chi connectivity index (χ1n) is 14.3. The highest BCUT2D eigenvalue weighted by Gasteiger charge is 2.33. The molecule has 2 aromatic carbocycles. The predicted molar refractivity (Wildman–Crippen MR) is 159 cm³/mol. The topological polar surface area (TPSA) is 78.1 Å². The second-order valence-electron chi connectivity index (χ2n) is 11.1. The standard InChI is InChI=1S/C33H30F2N6O2/c1-5-29(42)40-11-12-41-27(18(40)2)16-25(38-41)33-30(31-23(35)14-20(34)15-28(31)43-4)21-7-6-8-22(21)32(37-33)19-9-10-26-24(13-19)36-17-39(26)3/h5,9-10,13-18H,1,6-8,11-12H2,2-4H3. The third kappa shape index (κ3) is 4.23. The fourth-order valence-electron chi connectivity index (χ4n) is 6.63. The van der Waals surface area contributed by atoms with Gasteiger partial charge in [0.1, 0.15) is 23.1 Å². The molecule has 0 fully saturated rings. The Morgan fingerprint density at radius 2 is 1.88 bits per heavy atom. The maximum Gasteiger partial charge on any atom is 0.246 e. The lowest BCUT2D eigenvalue weighted by Crippen LogP contribution is -2.40. The van der Waals surface area contributed by atoms with E-state index in [4.69, 9.17) is 14.8 Å². The van der Waals surface area contributed by atoms with Gasteiger partial charge in [0.05, 0.1) is 59.7 Å². The van der Waals surface area contributed by atoms with Crippen molar-refractivity contribution in [3.8, 4) is 39.5 Å². The number of fused-ring (bicyclic) bond motifs is 3. The van der Waals surface area contributed by atoms with E-state index in [9.17, 15) is 9.18 Å². The molecule has 7 rings (SSSR count). The zero-order valence-corrected chi connectivity index (χ0v) is 24.2. The number of rotatable bonds is 5. The maximum absolute atomic E-state index is 15.8. The summed E-state index contributed by atoms with van der Waals surface area (Å²) in [5, 5.41) is 4.93. The number of amides is 1. The van der Waals surface area contributed by atoms with Crippen LogP contribution in [0.3, 0.4) is 0 Å². The minimum Gasteiger partial charge on any atom is -0.496 e. The average Bonchev–Trinajstić information content (AvgIpc) is 3.75. The monoisotopic (exact) mass is 580 g/mol. The molecule has 10 heteroatoms. The lowest BCUT2D eigenvalue weighted by Gasteiger charge is -2.33. The normalized spacial score (nSPS) is 15.9. The van der Waals surface area contributed by atoms with Gasteiger partial charge in [-0.1, -0.05) is 12.6 Å². The number of carbonyl (C=O) groups excluding carboxylic acids is 1.